The molecule has 2 aromatic carbocycles. The molecular formula is C15H14ClFN2OS. The minimum absolute atomic E-state index is 0.185. The SMILES string of the molecule is COc1ccc(NC(=S)Nc2cc(Cl)ccc2C)cc1F. The van der Waals surface area contributed by atoms with Crippen molar-refractivity contribution in [2.24, 2.45) is 0 Å². The molecule has 0 aromatic heterocycles. The molecule has 0 amide bonds. The fraction of sp³-hybridized carbons (Fsp3) is 0.133. The van der Waals surface area contributed by atoms with Gasteiger partial charge in [0.2, 0.25) is 0 Å². The van der Waals surface area contributed by atoms with Crippen LogP contribution in [-0.4, -0.2) is 12.2 Å². The summed E-state index contributed by atoms with van der Waals surface area (Å²) in [5, 5.41) is 6.90. The van der Waals surface area contributed by atoms with Crippen molar-refractivity contribution in [1.29, 1.82) is 0 Å². The van der Waals surface area contributed by atoms with Crippen LogP contribution in [0.4, 0.5) is 15.8 Å². The third kappa shape index (κ3) is 4.06. The number of nitrogens with one attached hydrogen (secondary N) is 2. The van der Waals surface area contributed by atoms with E-state index < -0.39 is 5.82 Å². The Morgan fingerprint density at radius 1 is 1.19 bits per heavy atom. The number of benzene rings is 2. The van der Waals surface area contributed by atoms with E-state index in [0.717, 1.165) is 11.3 Å². The van der Waals surface area contributed by atoms with E-state index >= 15 is 0 Å². The quantitative estimate of drug-likeness (QED) is 0.808. The normalized spacial score (nSPS) is 10.1. The third-order valence-corrected chi connectivity index (χ3v) is 3.30. The number of rotatable bonds is 3. The van der Waals surface area contributed by atoms with Crippen molar-refractivity contribution in [3.8, 4) is 5.75 Å². The van der Waals surface area contributed by atoms with Crippen molar-refractivity contribution >= 4 is 40.3 Å². The number of aryl methyl sites for hydroxylation is 1. The van der Waals surface area contributed by atoms with Gasteiger partial charge in [-0.2, -0.15) is 0 Å². The highest BCUT2D eigenvalue weighted by Crippen LogP contribution is 2.22. The molecule has 0 fully saturated rings. The average molecular weight is 325 g/mol. The fourth-order valence-corrected chi connectivity index (χ4v) is 2.16. The third-order valence-electron chi connectivity index (χ3n) is 2.86. The summed E-state index contributed by atoms with van der Waals surface area (Å²) in [6.07, 6.45) is 0. The molecule has 21 heavy (non-hydrogen) atoms. The van der Waals surface area contributed by atoms with Crippen molar-refractivity contribution < 1.29 is 9.13 Å². The van der Waals surface area contributed by atoms with Gasteiger partial charge in [0.05, 0.1) is 7.11 Å². The van der Waals surface area contributed by atoms with Crippen LogP contribution in [0.3, 0.4) is 0 Å². The molecule has 0 atom stereocenters. The number of methoxy groups -OCH3 is 1. The molecule has 0 saturated heterocycles. The smallest absolute Gasteiger partial charge is 0.175 e. The van der Waals surface area contributed by atoms with Crippen LogP contribution in [0, 0.1) is 12.7 Å². The van der Waals surface area contributed by atoms with Crippen LogP contribution in [0.2, 0.25) is 5.02 Å². The molecule has 0 saturated carbocycles. The van der Waals surface area contributed by atoms with Gasteiger partial charge in [0, 0.05) is 22.5 Å². The zero-order valence-corrected chi connectivity index (χ0v) is 13.1. The lowest BCUT2D eigenvalue weighted by Crippen LogP contribution is -2.19. The van der Waals surface area contributed by atoms with E-state index in [9.17, 15) is 4.39 Å². The first-order valence-corrected chi connectivity index (χ1v) is 6.96. The Bertz CT molecular complexity index is 679. The summed E-state index contributed by atoms with van der Waals surface area (Å²) in [5.74, 6) is -0.269. The second kappa shape index (κ2) is 6.74. The summed E-state index contributed by atoms with van der Waals surface area (Å²) in [7, 11) is 1.42. The highest BCUT2D eigenvalue weighted by molar-refractivity contribution is 7.80. The highest BCUT2D eigenvalue weighted by atomic mass is 35.5. The van der Waals surface area contributed by atoms with E-state index in [1.54, 1.807) is 18.2 Å². The van der Waals surface area contributed by atoms with Gasteiger partial charge in [-0.25, -0.2) is 4.39 Å². The molecule has 2 N–H and O–H groups in total. The highest BCUT2D eigenvalue weighted by Gasteiger charge is 2.06. The molecule has 0 bridgehead atoms. The molecule has 2 aromatic rings. The van der Waals surface area contributed by atoms with Gasteiger partial charge in [-0.05, 0) is 49.0 Å². The number of anilines is 2. The van der Waals surface area contributed by atoms with Crippen LogP contribution in [-0.2, 0) is 0 Å². The van der Waals surface area contributed by atoms with Crippen LogP contribution in [0.25, 0.3) is 0 Å². The molecule has 0 heterocycles. The largest absolute Gasteiger partial charge is 0.494 e. The van der Waals surface area contributed by atoms with Crippen LogP contribution in [0.15, 0.2) is 36.4 Å². The van der Waals surface area contributed by atoms with Gasteiger partial charge in [0.25, 0.3) is 0 Å². The lowest BCUT2D eigenvalue weighted by molar-refractivity contribution is 0.387. The molecule has 0 radical (unpaired) electrons. The van der Waals surface area contributed by atoms with E-state index in [-0.39, 0.29) is 5.75 Å². The Morgan fingerprint density at radius 3 is 2.62 bits per heavy atom. The van der Waals surface area contributed by atoms with E-state index in [4.69, 9.17) is 28.6 Å². The van der Waals surface area contributed by atoms with Gasteiger partial charge in [-0.1, -0.05) is 17.7 Å². The molecule has 0 aliphatic carbocycles. The molecule has 0 aliphatic heterocycles. The van der Waals surface area contributed by atoms with Crippen molar-refractivity contribution in [2.75, 3.05) is 17.7 Å². The molecule has 110 valence electrons. The minimum atomic E-state index is -0.454. The number of hydrogen-bond acceptors (Lipinski definition) is 2. The summed E-state index contributed by atoms with van der Waals surface area (Å²) in [4.78, 5) is 0. The van der Waals surface area contributed by atoms with Gasteiger partial charge in [0.1, 0.15) is 0 Å². The van der Waals surface area contributed by atoms with Gasteiger partial charge >= 0.3 is 0 Å². The number of hydrogen-bond donors (Lipinski definition) is 2. The maximum atomic E-state index is 13.6. The maximum absolute atomic E-state index is 13.6. The topological polar surface area (TPSA) is 33.3 Å². The summed E-state index contributed by atoms with van der Waals surface area (Å²) in [6.45, 7) is 1.94. The Hall–Kier alpha value is -1.85. The van der Waals surface area contributed by atoms with Gasteiger partial charge in [-0.3, -0.25) is 0 Å². The van der Waals surface area contributed by atoms with Crippen LogP contribution in [0.5, 0.6) is 5.75 Å². The second-order valence-electron chi connectivity index (χ2n) is 4.39. The zero-order chi connectivity index (χ0) is 15.4. The molecule has 0 unspecified atom stereocenters. The number of halogens is 2. The van der Waals surface area contributed by atoms with Gasteiger partial charge in [0.15, 0.2) is 16.7 Å². The summed E-state index contributed by atoms with van der Waals surface area (Å²) < 4.78 is 18.5. The Morgan fingerprint density at radius 2 is 1.95 bits per heavy atom. The first kappa shape index (κ1) is 15.5. The van der Waals surface area contributed by atoms with E-state index in [2.05, 4.69) is 10.6 Å². The van der Waals surface area contributed by atoms with E-state index in [1.165, 1.54) is 19.2 Å². The zero-order valence-electron chi connectivity index (χ0n) is 11.5. The summed E-state index contributed by atoms with van der Waals surface area (Å²) >= 11 is 11.2. The molecule has 6 heteroatoms. The predicted molar refractivity (Wildman–Crippen MR) is 89.0 cm³/mol. The predicted octanol–water partition coefficient (Wildman–Crippen LogP) is 4.61. The van der Waals surface area contributed by atoms with Gasteiger partial charge < -0.3 is 15.4 Å². The molecule has 2 rings (SSSR count). The first-order valence-electron chi connectivity index (χ1n) is 6.17. The lowest BCUT2D eigenvalue weighted by atomic mass is 10.2. The van der Waals surface area contributed by atoms with E-state index in [0.29, 0.717) is 15.8 Å². The Kier molecular flexibility index (Phi) is 4.98. The van der Waals surface area contributed by atoms with Crippen LogP contribution >= 0.6 is 23.8 Å². The Balaban J connectivity index is 2.08. The van der Waals surface area contributed by atoms with Crippen molar-refractivity contribution in [3.63, 3.8) is 0 Å². The van der Waals surface area contributed by atoms with Gasteiger partial charge in [-0.15, -0.1) is 0 Å². The number of thiocarbonyl (C=S) groups is 1. The average Bonchev–Trinajstić information content (AvgIpc) is 2.43. The molecule has 0 aliphatic rings. The van der Waals surface area contributed by atoms with Crippen LogP contribution in [0.1, 0.15) is 5.56 Å². The minimum Gasteiger partial charge on any atom is -0.494 e. The van der Waals surface area contributed by atoms with E-state index in [1.807, 2.05) is 13.0 Å². The van der Waals surface area contributed by atoms with Crippen molar-refractivity contribution in [3.05, 3.63) is 52.8 Å². The molecule has 0 spiro atoms. The Labute approximate surface area is 133 Å². The molecular weight excluding hydrogens is 311 g/mol. The monoisotopic (exact) mass is 324 g/mol. The summed E-state index contributed by atoms with van der Waals surface area (Å²) in [6, 6.07) is 10.0. The second-order valence-corrected chi connectivity index (χ2v) is 5.23. The van der Waals surface area contributed by atoms with Crippen molar-refractivity contribution in [2.45, 2.75) is 6.92 Å². The van der Waals surface area contributed by atoms with Crippen LogP contribution < -0.4 is 15.4 Å². The molecule has 3 nitrogen and oxygen atoms in total. The summed E-state index contributed by atoms with van der Waals surface area (Å²) in [5.41, 5.74) is 2.34. The fourth-order valence-electron chi connectivity index (χ4n) is 1.76. The number of ether oxygens (including phenoxy) is 1. The maximum Gasteiger partial charge on any atom is 0.175 e. The standard InChI is InChI=1S/C15H14ClFN2OS/c1-9-3-4-10(16)7-13(9)19-15(21)18-11-5-6-14(20-2)12(17)8-11/h3-8H,1-2H3,(H2,18,19,21). The lowest BCUT2D eigenvalue weighted by Gasteiger charge is -2.13. The van der Waals surface area contributed by atoms with Crippen molar-refractivity contribution in [1.82, 2.24) is 0 Å². The first-order chi connectivity index (χ1) is 9.99.